The number of hydrogen-bond acceptors (Lipinski definition) is 4. The van der Waals surface area contributed by atoms with Crippen molar-refractivity contribution in [3.05, 3.63) is 95.6 Å². The first-order valence-corrected chi connectivity index (χ1v) is 9.78. The lowest BCUT2D eigenvalue weighted by molar-refractivity contribution is 0.0528. The first-order chi connectivity index (χ1) is 12.9. The van der Waals surface area contributed by atoms with Gasteiger partial charge in [0.05, 0.1) is 16.1 Å². The van der Waals surface area contributed by atoms with Crippen molar-refractivity contribution in [3.8, 4) is 0 Å². The van der Waals surface area contributed by atoms with Crippen LogP contribution >= 0.6 is 0 Å². The van der Waals surface area contributed by atoms with Gasteiger partial charge in [0.25, 0.3) is 10.0 Å². The van der Waals surface area contributed by atoms with Gasteiger partial charge in [-0.15, -0.1) is 0 Å². The molecule has 0 saturated carbocycles. The Labute approximate surface area is 158 Å². The van der Waals surface area contributed by atoms with Gasteiger partial charge < -0.3 is 4.84 Å². The Morgan fingerprint density at radius 2 is 1.30 bits per heavy atom. The zero-order valence-electron chi connectivity index (χ0n) is 15.0. The number of sulfonamides is 1. The minimum Gasteiger partial charge on any atom is -0.320 e. The summed E-state index contributed by atoms with van der Waals surface area (Å²) in [5.74, 6) is -0.758. The molecule has 138 valence electrons. The summed E-state index contributed by atoms with van der Waals surface area (Å²) in [6, 6.07) is 21.3. The van der Waals surface area contributed by atoms with E-state index in [0.717, 1.165) is 11.1 Å². The van der Waals surface area contributed by atoms with E-state index in [4.69, 9.17) is 4.84 Å². The lowest BCUT2D eigenvalue weighted by Gasteiger charge is -2.23. The van der Waals surface area contributed by atoms with Crippen LogP contribution in [0.4, 0.5) is 5.69 Å². The lowest BCUT2D eigenvalue weighted by atomic mass is 10.2. The Morgan fingerprint density at radius 3 is 1.85 bits per heavy atom. The summed E-state index contributed by atoms with van der Waals surface area (Å²) in [4.78, 5) is 17.9. The molecule has 27 heavy (non-hydrogen) atoms. The molecular weight excluding hydrogens is 362 g/mol. The summed E-state index contributed by atoms with van der Waals surface area (Å²) in [7, 11) is -4.10. The molecule has 0 radical (unpaired) electrons. The van der Waals surface area contributed by atoms with E-state index in [9.17, 15) is 13.2 Å². The summed E-state index contributed by atoms with van der Waals surface area (Å²) in [5.41, 5.74) is 2.39. The quantitative estimate of drug-likeness (QED) is 0.619. The number of hydrogen-bond donors (Lipinski definition) is 0. The van der Waals surface area contributed by atoms with Gasteiger partial charge in [0.2, 0.25) is 0 Å². The van der Waals surface area contributed by atoms with E-state index in [-0.39, 0.29) is 16.1 Å². The fourth-order valence-corrected chi connectivity index (χ4v) is 3.65. The van der Waals surface area contributed by atoms with Crippen LogP contribution in [0.2, 0.25) is 0 Å². The van der Waals surface area contributed by atoms with Crippen LogP contribution < -0.4 is 4.47 Å². The molecule has 0 fully saturated rings. The van der Waals surface area contributed by atoms with Crippen molar-refractivity contribution in [1.82, 2.24) is 0 Å². The van der Waals surface area contributed by atoms with Crippen molar-refractivity contribution in [2.45, 2.75) is 18.7 Å². The summed E-state index contributed by atoms with van der Waals surface area (Å²) in [6.45, 7) is 3.75. The largest absolute Gasteiger partial charge is 0.364 e. The molecule has 0 bridgehead atoms. The van der Waals surface area contributed by atoms with Gasteiger partial charge in [0.15, 0.2) is 0 Å². The molecule has 0 unspecified atom stereocenters. The molecule has 0 aromatic heterocycles. The van der Waals surface area contributed by atoms with Gasteiger partial charge in [-0.3, -0.25) is 0 Å². The molecule has 0 heterocycles. The topological polar surface area (TPSA) is 63.7 Å². The van der Waals surface area contributed by atoms with Crippen LogP contribution in [0.25, 0.3) is 0 Å². The van der Waals surface area contributed by atoms with Gasteiger partial charge in [-0.2, -0.15) is 8.42 Å². The summed E-state index contributed by atoms with van der Waals surface area (Å²) in [6.07, 6.45) is 0. The van der Waals surface area contributed by atoms with Crippen molar-refractivity contribution >= 4 is 21.7 Å². The SMILES string of the molecule is Cc1ccc(N(OC(=O)c2ccccc2)S(=O)(=O)c2ccc(C)cc2)cc1. The maximum Gasteiger partial charge on any atom is 0.364 e. The van der Waals surface area contributed by atoms with Crippen LogP contribution in [0.3, 0.4) is 0 Å². The van der Waals surface area contributed by atoms with E-state index in [0.29, 0.717) is 4.47 Å². The van der Waals surface area contributed by atoms with E-state index in [1.54, 1.807) is 66.7 Å². The lowest BCUT2D eigenvalue weighted by Crippen LogP contribution is -2.33. The third kappa shape index (κ3) is 4.17. The molecule has 3 aromatic rings. The molecule has 3 rings (SSSR count). The number of benzene rings is 3. The van der Waals surface area contributed by atoms with Gasteiger partial charge in [0, 0.05) is 0 Å². The highest BCUT2D eigenvalue weighted by Gasteiger charge is 2.29. The number of rotatable bonds is 5. The van der Waals surface area contributed by atoms with Crippen LogP contribution in [-0.4, -0.2) is 14.4 Å². The maximum absolute atomic E-state index is 13.1. The average molecular weight is 381 g/mol. The molecule has 0 atom stereocenters. The number of anilines is 1. The Balaban J connectivity index is 2.03. The minimum atomic E-state index is -4.10. The molecule has 6 heteroatoms. The van der Waals surface area contributed by atoms with Gasteiger partial charge in [-0.1, -0.05) is 58.1 Å². The van der Waals surface area contributed by atoms with E-state index in [1.165, 1.54) is 12.1 Å². The van der Waals surface area contributed by atoms with E-state index >= 15 is 0 Å². The first kappa shape index (κ1) is 18.7. The van der Waals surface area contributed by atoms with Crippen LogP contribution in [-0.2, 0) is 14.9 Å². The number of nitrogens with zero attached hydrogens (tertiary/aromatic N) is 1. The second-order valence-corrected chi connectivity index (χ2v) is 7.88. The summed E-state index contributed by atoms with van der Waals surface area (Å²) in [5, 5.41) is 0. The third-order valence-corrected chi connectivity index (χ3v) is 5.55. The minimum absolute atomic E-state index is 0.0366. The van der Waals surface area contributed by atoms with Crippen molar-refractivity contribution < 1.29 is 18.0 Å². The molecule has 0 N–H and O–H groups in total. The predicted molar refractivity (Wildman–Crippen MR) is 104 cm³/mol. The Bertz CT molecular complexity index is 1030. The highest BCUT2D eigenvalue weighted by molar-refractivity contribution is 7.92. The molecule has 0 spiro atoms. The average Bonchev–Trinajstić information content (AvgIpc) is 2.68. The second-order valence-electron chi connectivity index (χ2n) is 6.13. The van der Waals surface area contributed by atoms with Gasteiger partial charge in [0.1, 0.15) is 0 Å². The van der Waals surface area contributed by atoms with Crippen molar-refractivity contribution in [3.63, 3.8) is 0 Å². The van der Waals surface area contributed by atoms with Crippen molar-refractivity contribution in [1.29, 1.82) is 0 Å². The van der Waals surface area contributed by atoms with E-state index < -0.39 is 16.0 Å². The van der Waals surface area contributed by atoms with E-state index in [1.807, 2.05) is 13.8 Å². The number of aryl methyl sites for hydroxylation is 2. The smallest absolute Gasteiger partial charge is 0.320 e. The van der Waals surface area contributed by atoms with Crippen molar-refractivity contribution in [2.75, 3.05) is 4.47 Å². The van der Waals surface area contributed by atoms with Crippen molar-refractivity contribution in [2.24, 2.45) is 0 Å². The fourth-order valence-electron chi connectivity index (χ4n) is 2.42. The Kier molecular flexibility index (Phi) is 5.28. The molecule has 0 amide bonds. The predicted octanol–water partition coefficient (Wildman–Crippen LogP) is 4.27. The second kappa shape index (κ2) is 7.63. The summed E-state index contributed by atoms with van der Waals surface area (Å²) < 4.78 is 27.0. The highest BCUT2D eigenvalue weighted by atomic mass is 32.2. The van der Waals surface area contributed by atoms with Crippen LogP contribution in [0.1, 0.15) is 21.5 Å². The third-order valence-electron chi connectivity index (χ3n) is 3.96. The Hall–Kier alpha value is -3.12. The van der Waals surface area contributed by atoms with Crippen LogP contribution in [0.15, 0.2) is 83.8 Å². The molecule has 0 aliphatic rings. The number of carbonyl (C=O) groups is 1. The monoisotopic (exact) mass is 381 g/mol. The zero-order chi connectivity index (χ0) is 19.4. The van der Waals surface area contributed by atoms with Crippen LogP contribution in [0.5, 0.6) is 0 Å². The van der Waals surface area contributed by atoms with Gasteiger partial charge >= 0.3 is 5.97 Å². The normalized spacial score (nSPS) is 11.0. The number of carbonyl (C=O) groups excluding carboxylic acids is 1. The van der Waals surface area contributed by atoms with Gasteiger partial charge in [-0.25, -0.2) is 4.79 Å². The molecule has 0 aliphatic carbocycles. The van der Waals surface area contributed by atoms with Gasteiger partial charge in [-0.05, 0) is 50.2 Å². The zero-order valence-corrected chi connectivity index (χ0v) is 15.8. The van der Waals surface area contributed by atoms with Crippen LogP contribution in [0, 0.1) is 13.8 Å². The molecular formula is C21H19NO4S. The standard InChI is InChI=1S/C21H19NO4S/c1-16-8-12-19(13-9-16)22(26-21(23)18-6-4-3-5-7-18)27(24,25)20-14-10-17(2)11-15-20/h3-15H,1-2H3. The molecule has 0 aliphatic heterocycles. The first-order valence-electron chi connectivity index (χ1n) is 8.34. The highest BCUT2D eigenvalue weighted by Crippen LogP contribution is 2.25. The fraction of sp³-hybridized carbons (Fsp3) is 0.0952. The summed E-state index contributed by atoms with van der Waals surface area (Å²) >= 11 is 0. The molecule has 3 aromatic carbocycles. The van der Waals surface area contributed by atoms with E-state index in [2.05, 4.69) is 0 Å². The Morgan fingerprint density at radius 1 is 0.778 bits per heavy atom. The maximum atomic E-state index is 13.1. The molecule has 5 nitrogen and oxygen atoms in total. The molecule has 0 saturated heterocycles.